The predicted molar refractivity (Wildman–Crippen MR) is 70.5 cm³/mol. The summed E-state index contributed by atoms with van der Waals surface area (Å²) in [5.74, 6) is 0. The smallest absolute Gasteiger partial charge is 0.129 e. The van der Waals surface area contributed by atoms with E-state index in [9.17, 15) is 0 Å². The Bertz CT molecular complexity index is 632. The number of halogens is 1. The highest BCUT2D eigenvalue weighted by Gasteiger charge is 2.09. The normalized spacial score (nSPS) is 10.9. The molecule has 1 aromatic carbocycles. The molecule has 0 aliphatic carbocycles. The lowest BCUT2D eigenvalue weighted by atomic mass is 10.2. The SMILES string of the molecule is Clc1ccc2nsnc2c1NCc1cc[nH]c1. The number of fused-ring (bicyclic) bond motifs is 1. The van der Waals surface area contributed by atoms with Crippen molar-refractivity contribution < 1.29 is 0 Å². The molecule has 3 rings (SSSR count). The molecular weight excluding hydrogens is 256 g/mol. The van der Waals surface area contributed by atoms with Crippen LogP contribution in [0.4, 0.5) is 5.69 Å². The maximum atomic E-state index is 6.17. The molecule has 6 heteroatoms. The van der Waals surface area contributed by atoms with Crippen molar-refractivity contribution in [2.75, 3.05) is 5.32 Å². The topological polar surface area (TPSA) is 53.6 Å². The summed E-state index contributed by atoms with van der Waals surface area (Å²) < 4.78 is 8.45. The summed E-state index contributed by atoms with van der Waals surface area (Å²) in [7, 11) is 0. The molecule has 86 valence electrons. The van der Waals surface area contributed by atoms with E-state index in [1.165, 1.54) is 17.3 Å². The second kappa shape index (κ2) is 4.35. The minimum absolute atomic E-state index is 0.667. The van der Waals surface area contributed by atoms with Crippen LogP contribution in [0.15, 0.2) is 30.6 Å². The number of nitrogens with one attached hydrogen (secondary N) is 2. The Morgan fingerprint density at radius 3 is 3.06 bits per heavy atom. The van der Waals surface area contributed by atoms with Gasteiger partial charge in [0, 0.05) is 18.9 Å². The molecule has 0 aliphatic heterocycles. The zero-order valence-electron chi connectivity index (χ0n) is 8.77. The highest BCUT2D eigenvalue weighted by molar-refractivity contribution is 7.00. The molecule has 0 unspecified atom stereocenters. The average Bonchev–Trinajstić information content (AvgIpc) is 2.97. The molecule has 0 amide bonds. The number of nitrogens with zero attached hydrogens (tertiary/aromatic N) is 2. The monoisotopic (exact) mass is 264 g/mol. The number of hydrogen-bond acceptors (Lipinski definition) is 4. The molecule has 0 radical (unpaired) electrons. The molecule has 2 heterocycles. The second-order valence-electron chi connectivity index (χ2n) is 3.63. The summed E-state index contributed by atoms with van der Waals surface area (Å²) in [5, 5.41) is 3.96. The van der Waals surface area contributed by atoms with Crippen molar-refractivity contribution in [3.63, 3.8) is 0 Å². The fourth-order valence-electron chi connectivity index (χ4n) is 1.65. The fraction of sp³-hybridized carbons (Fsp3) is 0.0909. The first-order chi connectivity index (χ1) is 8.34. The molecule has 0 bridgehead atoms. The molecular formula is C11H9ClN4S. The van der Waals surface area contributed by atoms with Crippen LogP contribution < -0.4 is 5.32 Å². The van der Waals surface area contributed by atoms with Crippen molar-refractivity contribution in [2.24, 2.45) is 0 Å². The lowest BCUT2D eigenvalue weighted by molar-refractivity contribution is 1.16. The molecule has 0 saturated heterocycles. The van der Waals surface area contributed by atoms with Crippen LogP contribution in [-0.4, -0.2) is 13.7 Å². The first-order valence-corrected chi connectivity index (χ1v) is 6.22. The third kappa shape index (κ3) is 1.99. The molecule has 0 fully saturated rings. The van der Waals surface area contributed by atoms with E-state index in [4.69, 9.17) is 11.6 Å². The van der Waals surface area contributed by atoms with Gasteiger partial charge in [0.15, 0.2) is 0 Å². The summed E-state index contributed by atoms with van der Waals surface area (Å²) >= 11 is 7.36. The van der Waals surface area contributed by atoms with Gasteiger partial charge in [0.25, 0.3) is 0 Å². The van der Waals surface area contributed by atoms with Crippen molar-refractivity contribution >= 4 is 40.0 Å². The number of hydrogen-bond donors (Lipinski definition) is 2. The zero-order valence-corrected chi connectivity index (χ0v) is 10.3. The van der Waals surface area contributed by atoms with Crippen molar-refractivity contribution in [2.45, 2.75) is 6.54 Å². The van der Waals surface area contributed by atoms with E-state index in [-0.39, 0.29) is 0 Å². The summed E-state index contributed by atoms with van der Waals surface area (Å²) in [4.78, 5) is 3.01. The zero-order chi connectivity index (χ0) is 11.7. The lowest BCUT2D eigenvalue weighted by Crippen LogP contribution is -1.99. The Balaban J connectivity index is 1.93. The molecule has 4 nitrogen and oxygen atoms in total. The molecule has 2 aromatic heterocycles. The van der Waals surface area contributed by atoms with Gasteiger partial charge >= 0.3 is 0 Å². The van der Waals surface area contributed by atoms with Gasteiger partial charge in [-0.05, 0) is 23.8 Å². The van der Waals surface area contributed by atoms with Crippen LogP contribution in [-0.2, 0) is 6.54 Å². The Morgan fingerprint density at radius 1 is 1.29 bits per heavy atom. The molecule has 0 saturated carbocycles. The van der Waals surface area contributed by atoms with E-state index in [0.717, 1.165) is 16.7 Å². The maximum absolute atomic E-state index is 6.17. The average molecular weight is 265 g/mol. The highest BCUT2D eigenvalue weighted by atomic mass is 35.5. The Morgan fingerprint density at radius 2 is 2.24 bits per heavy atom. The standard InChI is InChI=1S/C11H9ClN4S/c12-8-1-2-9-11(16-17-15-9)10(8)14-6-7-3-4-13-5-7/h1-5,13-14H,6H2. The van der Waals surface area contributed by atoms with Gasteiger partial charge < -0.3 is 10.3 Å². The number of aromatic amines is 1. The van der Waals surface area contributed by atoms with Crippen LogP contribution in [0.1, 0.15) is 5.56 Å². The van der Waals surface area contributed by atoms with Crippen molar-refractivity contribution in [1.82, 2.24) is 13.7 Å². The van der Waals surface area contributed by atoms with Crippen molar-refractivity contribution in [3.05, 3.63) is 41.2 Å². The van der Waals surface area contributed by atoms with E-state index in [1.807, 2.05) is 30.6 Å². The first-order valence-electron chi connectivity index (χ1n) is 5.11. The highest BCUT2D eigenvalue weighted by Crippen LogP contribution is 2.30. The van der Waals surface area contributed by atoms with Crippen molar-refractivity contribution in [1.29, 1.82) is 0 Å². The summed E-state index contributed by atoms with van der Waals surface area (Å²) in [6, 6.07) is 5.73. The number of rotatable bonds is 3. The predicted octanol–water partition coefficient (Wildman–Crippen LogP) is 3.28. The van der Waals surface area contributed by atoms with E-state index in [2.05, 4.69) is 19.0 Å². The Labute approximate surface area is 107 Å². The van der Waals surface area contributed by atoms with Gasteiger partial charge in [-0.15, -0.1) is 0 Å². The van der Waals surface area contributed by atoms with E-state index in [1.54, 1.807) is 0 Å². The summed E-state index contributed by atoms with van der Waals surface area (Å²) in [5.41, 5.74) is 3.72. The second-order valence-corrected chi connectivity index (χ2v) is 4.56. The summed E-state index contributed by atoms with van der Waals surface area (Å²) in [6.45, 7) is 0.708. The Hall–Kier alpha value is -1.59. The maximum Gasteiger partial charge on any atom is 0.129 e. The molecule has 2 N–H and O–H groups in total. The molecule has 17 heavy (non-hydrogen) atoms. The van der Waals surface area contributed by atoms with Crippen molar-refractivity contribution in [3.8, 4) is 0 Å². The van der Waals surface area contributed by atoms with Crippen LogP contribution in [0, 0.1) is 0 Å². The van der Waals surface area contributed by atoms with Crippen LogP contribution in [0.25, 0.3) is 11.0 Å². The van der Waals surface area contributed by atoms with Crippen LogP contribution >= 0.6 is 23.3 Å². The quantitative estimate of drug-likeness (QED) is 0.763. The van der Waals surface area contributed by atoms with Gasteiger partial charge in [0.1, 0.15) is 11.0 Å². The number of aromatic nitrogens is 3. The van der Waals surface area contributed by atoms with Gasteiger partial charge in [-0.2, -0.15) is 8.75 Å². The minimum atomic E-state index is 0.667. The number of benzene rings is 1. The third-order valence-corrected chi connectivity index (χ3v) is 3.37. The largest absolute Gasteiger partial charge is 0.378 e. The molecule has 0 spiro atoms. The van der Waals surface area contributed by atoms with Crippen LogP contribution in [0.2, 0.25) is 5.02 Å². The Kier molecular flexibility index (Phi) is 2.70. The van der Waals surface area contributed by atoms with Crippen LogP contribution in [0.5, 0.6) is 0 Å². The fourth-order valence-corrected chi connectivity index (χ4v) is 2.42. The molecule has 0 atom stereocenters. The minimum Gasteiger partial charge on any atom is -0.378 e. The molecule has 0 aliphatic rings. The molecule has 3 aromatic rings. The number of H-pyrrole nitrogens is 1. The van der Waals surface area contributed by atoms with Crippen LogP contribution in [0.3, 0.4) is 0 Å². The number of anilines is 1. The van der Waals surface area contributed by atoms with Gasteiger partial charge in [0.2, 0.25) is 0 Å². The van der Waals surface area contributed by atoms with Gasteiger partial charge in [0.05, 0.1) is 22.4 Å². The van der Waals surface area contributed by atoms with Gasteiger partial charge in [-0.25, -0.2) is 0 Å². The van der Waals surface area contributed by atoms with Gasteiger partial charge in [-0.1, -0.05) is 11.6 Å². The van der Waals surface area contributed by atoms with E-state index >= 15 is 0 Å². The van der Waals surface area contributed by atoms with E-state index in [0.29, 0.717) is 11.6 Å². The summed E-state index contributed by atoms with van der Waals surface area (Å²) in [6.07, 6.45) is 3.84. The van der Waals surface area contributed by atoms with Gasteiger partial charge in [-0.3, -0.25) is 0 Å². The first kappa shape index (κ1) is 10.6. The third-order valence-electron chi connectivity index (χ3n) is 2.51. The lowest BCUT2D eigenvalue weighted by Gasteiger charge is -2.07. The van der Waals surface area contributed by atoms with E-state index < -0.39 is 0 Å².